The molecule has 2 aromatic heterocycles. The molecule has 2 N–H and O–H groups in total. The Hall–Kier alpha value is -1.08. The number of nitrogens with zero attached hydrogens (tertiary/aromatic N) is 2. The molecule has 0 bridgehead atoms. The molecule has 2 rings (SSSR count). The van der Waals surface area contributed by atoms with Crippen LogP contribution in [0.2, 0.25) is 0 Å². The molecule has 0 amide bonds. The maximum Gasteiger partial charge on any atom is 0.220 e. The van der Waals surface area contributed by atoms with Gasteiger partial charge in [-0.15, -0.1) is 0 Å². The van der Waals surface area contributed by atoms with Crippen LogP contribution < -0.4 is 0 Å². The van der Waals surface area contributed by atoms with Crippen LogP contribution >= 0.6 is 24.4 Å². The lowest BCUT2D eigenvalue weighted by atomic mass is 10.7. The molecule has 0 saturated heterocycles. The summed E-state index contributed by atoms with van der Waals surface area (Å²) in [6, 6.07) is 0. The predicted molar refractivity (Wildman–Crippen MR) is 42.2 cm³/mol. The van der Waals surface area contributed by atoms with Crippen molar-refractivity contribution in [2.75, 3.05) is 0 Å². The van der Waals surface area contributed by atoms with Gasteiger partial charge < -0.3 is 9.97 Å². The number of aromatic amines is 2. The van der Waals surface area contributed by atoms with Gasteiger partial charge in [-0.05, 0) is 10.3 Å². The zero-order valence-electron chi connectivity index (χ0n) is 5.12. The van der Waals surface area contributed by atoms with Gasteiger partial charge in [0.05, 0.1) is 0 Å². The van der Waals surface area contributed by atoms with E-state index in [1.807, 2.05) is 0 Å². The van der Waals surface area contributed by atoms with Crippen LogP contribution in [-0.2, 0) is 0 Å². The molecule has 0 aliphatic rings. The highest BCUT2D eigenvalue weighted by Gasteiger charge is 1.98. The molecule has 2 heterocycles. The summed E-state index contributed by atoms with van der Waals surface area (Å²) in [4.78, 5) is 5.50. The fourth-order valence-electron chi connectivity index (χ4n) is 0.681. The SMILES string of the molecule is S=c1[nH]c2nonc2[nH]c1=S. The van der Waals surface area contributed by atoms with Gasteiger partial charge in [-0.3, -0.25) is 0 Å². The van der Waals surface area contributed by atoms with Crippen LogP contribution in [0.5, 0.6) is 0 Å². The van der Waals surface area contributed by atoms with Crippen molar-refractivity contribution in [1.82, 2.24) is 20.3 Å². The highest BCUT2D eigenvalue weighted by atomic mass is 32.1. The molecule has 0 saturated carbocycles. The number of nitrogens with one attached hydrogen (secondary N) is 2. The molecule has 0 spiro atoms. The maximum absolute atomic E-state index is 4.85. The van der Waals surface area contributed by atoms with Crippen molar-refractivity contribution in [2.45, 2.75) is 0 Å². The second kappa shape index (κ2) is 2.21. The monoisotopic (exact) mass is 186 g/mol. The van der Waals surface area contributed by atoms with E-state index in [1.165, 1.54) is 0 Å². The second-order valence-electron chi connectivity index (χ2n) is 1.87. The maximum atomic E-state index is 4.85. The largest absolute Gasteiger partial charge is 0.323 e. The minimum Gasteiger partial charge on any atom is -0.323 e. The molecular weight excluding hydrogens is 184 g/mol. The molecule has 0 atom stereocenters. The zero-order chi connectivity index (χ0) is 7.84. The van der Waals surface area contributed by atoms with Gasteiger partial charge in [0.2, 0.25) is 11.3 Å². The molecule has 0 fully saturated rings. The van der Waals surface area contributed by atoms with Crippen molar-refractivity contribution in [3.63, 3.8) is 0 Å². The number of hydrogen-bond donors (Lipinski definition) is 2. The summed E-state index contributed by atoms with van der Waals surface area (Å²) in [5.74, 6) is 0. The average molecular weight is 186 g/mol. The molecule has 11 heavy (non-hydrogen) atoms. The average Bonchev–Trinajstić information content (AvgIpc) is 2.36. The molecule has 0 aromatic carbocycles. The third-order valence-electron chi connectivity index (χ3n) is 1.16. The molecule has 7 heteroatoms. The number of fused-ring (bicyclic) bond motifs is 1. The number of rotatable bonds is 0. The highest BCUT2D eigenvalue weighted by Crippen LogP contribution is 2.01. The Morgan fingerprint density at radius 2 is 1.45 bits per heavy atom. The van der Waals surface area contributed by atoms with Crippen molar-refractivity contribution < 1.29 is 4.63 Å². The Labute approximate surface area is 70.4 Å². The first-order chi connectivity index (χ1) is 5.27. The molecule has 0 aliphatic heterocycles. The molecule has 0 aliphatic carbocycles. The van der Waals surface area contributed by atoms with E-state index in [9.17, 15) is 0 Å². The summed E-state index contributed by atoms with van der Waals surface area (Å²) >= 11 is 9.69. The van der Waals surface area contributed by atoms with Crippen molar-refractivity contribution in [3.05, 3.63) is 9.28 Å². The first-order valence-electron chi connectivity index (χ1n) is 2.72. The van der Waals surface area contributed by atoms with Gasteiger partial charge in [0.1, 0.15) is 9.28 Å². The van der Waals surface area contributed by atoms with Crippen LogP contribution in [0.1, 0.15) is 0 Å². The molecule has 2 aromatic rings. The summed E-state index contributed by atoms with van der Waals surface area (Å²) in [5, 5.41) is 7.07. The Bertz CT molecular complexity index is 450. The minimum absolute atomic E-state index is 0.434. The lowest BCUT2D eigenvalue weighted by Gasteiger charge is -1.84. The van der Waals surface area contributed by atoms with Gasteiger partial charge in [-0.2, -0.15) is 0 Å². The van der Waals surface area contributed by atoms with E-state index in [0.29, 0.717) is 20.6 Å². The second-order valence-corrected chi connectivity index (χ2v) is 2.69. The molecule has 0 radical (unpaired) electrons. The zero-order valence-corrected chi connectivity index (χ0v) is 6.75. The molecule has 56 valence electrons. The van der Waals surface area contributed by atoms with Crippen LogP contribution in [0.4, 0.5) is 0 Å². The van der Waals surface area contributed by atoms with Crippen LogP contribution in [-0.4, -0.2) is 20.3 Å². The fourth-order valence-corrected chi connectivity index (χ4v) is 0.977. The summed E-state index contributed by atoms with van der Waals surface area (Å²) in [6.45, 7) is 0. The van der Waals surface area contributed by atoms with Gasteiger partial charge in [0.15, 0.2) is 0 Å². The molecule has 0 unspecified atom stereocenters. The Kier molecular flexibility index (Phi) is 1.33. The van der Waals surface area contributed by atoms with E-state index in [0.717, 1.165) is 0 Å². The topological polar surface area (TPSA) is 70.5 Å². The van der Waals surface area contributed by atoms with Gasteiger partial charge in [0, 0.05) is 0 Å². The van der Waals surface area contributed by atoms with Crippen molar-refractivity contribution in [1.29, 1.82) is 0 Å². The Balaban J connectivity index is 3.09. The van der Waals surface area contributed by atoms with Crippen LogP contribution in [0.3, 0.4) is 0 Å². The van der Waals surface area contributed by atoms with Crippen LogP contribution in [0.15, 0.2) is 4.63 Å². The van der Waals surface area contributed by atoms with Crippen molar-refractivity contribution >= 4 is 35.7 Å². The van der Waals surface area contributed by atoms with Gasteiger partial charge >= 0.3 is 0 Å². The molecular formula is C4H2N4OS2. The normalized spacial score (nSPS) is 10.5. The van der Waals surface area contributed by atoms with Crippen molar-refractivity contribution in [2.24, 2.45) is 0 Å². The van der Waals surface area contributed by atoms with Gasteiger partial charge in [0.25, 0.3) is 0 Å². The van der Waals surface area contributed by atoms with Crippen molar-refractivity contribution in [3.8, 4) is 0 Å². The summed E-state index contributed by atoms with van der Waals surface area (Å²) < 4.78 is 5.29. The smallest absolute Gasteiger partial charge is 0.220 e. The van der Waals surface area contributed by atoms with Crippen LogP contribution in [0.25, 0.3) is 11.3 Å². The number of hydrogen-bond acceptors (Lipinski definition) is 5. The van der Waals surface area contributed by atoms with E-state index >= 15 is 0 Å². The fraction of sp³-hybridized carbons (Fsp3) is 0. The Morgan fingerprint density at radius 3 is 1.91 bits per heavy atom. The van der Waals surface area contributed by atoms with E-state index in [-0.39, 0.29) is 0 Å². The quantitative estimate of drug-likeness (QED) is 0.607. The standard InChI is InChI=1S/C4H2N4OS2/c10-3-4(11)6-2-1(5-3)7-9-8-2/h(H,5,7,10)(H,6,8,11). The lowest BCUT2D eigenvalue weighted by molar-refractivity contribution is 0.314. The third-order valence-corrected chi connectivity index (χ3v) is 1.90. The van der Waals surface area contributed by atoms with E-state index in [1.54, 1.807) is 0 Å². The highest BCUT2D eigenvalue weighted by molar-refractivity contribution is 7.73. The number of aromatic nitrogens is 4. The summed E-state index contributed by atoms with van der Waals surface area (Å²) in [5.41, 5.74) is 0.951. The van der Waals surface area contributed by atoms with E-state index in [4.69, 9.17) is 24.4 Å². The lowest BCUT2D eigenvalue weighted by Crippen LogP contribution is -1.83. The Morgan fingerprint density at radius 1 is 1.00 bits per heavy atom. The minimum atomic E-state index is 0.434. The summed E-state index contributed by atoms with van der Waals surface area (Å²) in [6.07, 6.45) is 0. The number of H-pyrrole nitrogens is 2. The summed E-state index contributed by atoms with van der Waals surface area (Å²) in [7, 11) is 0. The third kappa shape index (κ3) is 0.976. The first kappa shape index (κ1) is 6.62. The predicted octanol–water partition coefficient (Wildman–Crippen LogP) is 1.34. The van der Waals surface area contributed by atoms with E-state index < -0.39 is 0 Å². The van der Waals surface area contributed by atoms with Gasteiger partial charge in [-0.1, -0.05) is 24.4 Å². The first-order valence-corrected chi connectivity index (χ1v) is 3.54. The van der Waals surface area contributed by atoms with Gasteiger partial charge in [-0.25, -0.2) is 4.63 Å². The van der Waals surface area contributed by atoms with E-state index in [2.05, 4.69) is 24.9 Å². The molecule has 5 nitrogen and oxygen atoms in total. The van der Waals surface area contributed by atoms with Crippen LogP contribution in [0, 0.1) is 9.28 Å².